The highest BCUT2D eigenvalue weighted by molar-refractivity contribution is 5.92. The molecule has 5 rings (SSSR count). The molecular formula is C25H29N3O3. The monoisotopic (exact) mass is 419 g/mol. The summed E-state index contributed by atoms with van der Waals surface area (Å²) in [4.78, 5) is 33.0. The number of hydrogen-bond acceptors (Lipinski definition) is 4. The maximum Gasteiger partial charge on any atom is 0.233 e. The summed E-state index contributed by atoms with van der Waals surface area (Å²) in [6.07, 6.45) is 6.66. The van der Waals surface area contributed by atoms with E-state index in [4.69, 9.17) is 4.74 Å². The van der Waals surface area contributed by atoms with Gasteiger partial charge < -0.3 is 15.0 Å². The molecule has 1 aromatic carbocycles. The van der Waals surface area contributed by atoms with Crippen LogP contribution in [0.3, 0.4) is 0 Å². The predicted octanol–water partition coefficient (Wildman–Crippen LogP) is 3.07. The molecule has 162 valence electrons. The van der Waals surface area contributed by atoms with Crippen molar-refractivity contribution in [2.45, 2.75) is 44.1 Å². The Morgan fingerprint density at radius 2 is 1.90 bits per heavy atom. The molecular weight excluding hydrogens is 390 g/mol. The lowest BCUT2D eigenvalue weighted by molar-refractivity contribution is -0.133. The first kappa shape index (κ1) is 20.0. The maximum absolute atomic E-state index is 13.6. The number of aromatic nitrogens is 1. The van der Waals surface area contributed by atoms with E-state index in [0.29, 0.717) is 19.6 Å². The van der Waals surface area contributed by atoms with Gasteiger partial charge in [0.2, 0.25) is 11.8 Å². The summed E-state index contributed by atoms with van der Waals surface area (Å²) in [6, 6.07) is 13.6. The van der Waals surface area contributed by atoms with Gasteiger partial charge in [-0.2, -0.15) is 0 Å². The van der Waals surface area contributed by atoms with E-state index in [1.165, 1.54) is 0 Å². The maximum atomic E-state index is 13.6. The highest BCUT2D eigenvalue weighted by Crippen LogP contribution is 2.55. The summed E-state index contributed by atoms with van der Waals surface area (Å²) in [5.74, 6) is 0.894. The molecule has 1 atom stereocenters. The Balaban J connectivity index is 1.29. The minimum Gasteiger partial charge on any atom is -0.497 e. The molecule has 1 saturated heterocycles. The number of nitrogens with one attached hydrogen (secondary N) is 1. The van der Waals surface area contributed by atoms with Crippen LogP contribution in [0.25, 0.3) is 0 Å². The van der Waals surface area contributed by atoms with Crippen molar-refractivity contribution in [1.29, 1.82) is 0 Å². The molecule has 2 saturated carbocycles. The Morgan fingerprint density at radius 3 is 2.48 bits per heavy atom. The molecule has 2 amide bonds. The van der Waals surface area contributed by atoms with Crippen LogP contribution >= 0.6 is 0 Å². The molecule has 1 unspecified atom stereocenters. The van der Waals surface area contributed by atoms with Crippen LogP contribution in [0.1, 0.15) is 43.4 Å². The van der Waals surface area contributed by atoms with E-state index in [1.807, 2.05) is 47.4 Å². The number of carbonyl (C=O) groups excluding carboxylic acids is 2. The Bertz CT molecular complexity index is 965. The zero-order valence-corrected chi connectivity index (χ0v) is 18.0. The third-order valence-electron chi connectivity index (χ3n) is 7.57. The highest BCUT2D eigenvalue weighted by Gasteiger charge is 2.59. The smallest absolute Gasteiger partial charge is 0.233 e. The van der Waals surface area contributed by atoms with Crippen molar-refractivity contribution < 1.29 is 14.3 Å². The Labute approximate surface area is 183 Å². The quantitative estimate of drug-likeness (QED) is 0.781. The number of pyridine rings is 1. The standard InChI is InChI=1S/C25H29N3O3/c1-31-20-8-6-18(7-9-20)25(12-13-25)23(30)28-16-21(24(17-28)10-4-11-24)22(29)27-15-19-5-2-3-14-26-19/h2-3,5-9,14,21H,4,10-13,15-17H2,1H3,(H,27,29). The van der Waals surface area contributed by atoms with E-state index >= 15 is 0 Å². The number of benzene rings is 1. The largest absolute Gasteiger partial charge is 0.497 e. The lowest BCUT2D eigenvalue weighted by Crippen LogP contribution is -2.45. The van der Waals surface area contributed by atoms with Gasteiger partial charge in [-0.05, 0) is 55.5 Å². The summed E-state index contributed by atoms with van der Waals surface area (Å²) < 4.78 is 5.26. The van der Waals surface area contributed by atoms with Gasteiger partial charge in [0.15, 0.2) is 0 Å². The second-order valence-electron chi connectivity index (χ2n) is 9.30. The molecule has 2 aromatic rings. The number of hydrogen-bond donors (Lipinski definition) is 1. The molecule has 1 N–H and O–H groups in total. The second kappa shape index (κ2) is 7.66. The fraction of sp³-hybridized carbons (Fsp3) is 0.480. The van der Waals surface area contributed by atoms with Gasteiger partial charge in [-0.25, -0.2) is 0 Å². The van der Waals surface area contributed by atoms with Crippen molar-refractivity contribution in [2.24, 2.45) is 11.3 Å². The normalized spacial score (nSPS) is 22.6. The van der Waals surface area contributed by atoms with Gasteiger partial charge in [0, 0.05) is 24.7 Å². The second-order valence-corrected chi connectivity index (χ2v) is 9.30. The summed E-state index contributed by atoms with van der Waals surface area (Å²) >= 11 is 0. The molecule has 2 heterocycles. The lowest BCUT2D eigenvalue weighted by atomic mass is 9.62. The van der Waals surface area contributed by atoms with E-state index in [2.05, 4.69) is 10.3 Å². The van der Waals surface area contributed by atoms with E-state index in [-0.39, 0.29) is 23.1 Å². The van der Waals surface area contributed by atoms with Gasteiger partial charge in [0.05, 0.1) is 30.7 Å². The third kappa shape index (κ3) is 3.48. The first-order valence-electron chi connectivity index (χ1n) is 11.2. The Morgan fingerprint density at radius 1 is 1.13 bits per heavy atom. The van der Waals surface area contributed by atoms with Crippen LogP contribution in [0.2, 0.25) is 0 Å². The predicted molar refractivity (Wildman–Crippen MR) is 116 cm³/mol. The SMILES string of the molecule is COc1ccc(C2(C(=O)N3CC(C(=O)NCc4ccccn4)C4(CCC4)C3)CC2)cc1. The van der Waals surface area contributed by atoms with E-state index in [9.17, 15) is 9.59 Å². The summed E-state index contributed by atoms with van der Waals surface area (Å²) in [5, 5.41) is 3.07. The number of rotatable bonds is 6. The average Bonchev–Trinajstić information content (AvgIpc) is 3.49. The molecule has 3 aliphatic rings. The van der Waals surface area contributed by atoms with Crippen molar-refractivity contribution in [3.05, 3.63) is 59.9 Å². The summed E-state index contributed by atoms with van der Waals surface area (Å²) in [7, 11) is 1.65. The van der Waals surface area contributed by atoms with Crippen LogP contribution < -0.4 is 10.1 Å². The zero-order chi connectivity index (χ0) is 21.5. The Hall–Kier alpha value is -2.89. The average molecular weight is 420 g/mol. The van der Waals surface area contributed by atoms with E-state index in [0.717, 1.165) is 49.1 Å². The molecule has 6 heteroatoms. The molecule has 0 radical (unpaired) electrons. The minimum absolute atomic E-state index is 0.0509. The van der Waals surface area contributed by atoms with Crippen molar-refractivity contribution in [3.8, 4) is 5.75 Å². The van der Waals surface area contributed by atoms with Gasteiger partial charge >= 0.3 is 0 Å². The topological polar surface area (TPSA) is 71.5 Å². The fourth-order valence-electron chi connectivity index (χ4n) is 5.39. The van der Waals surface area contributed by atoms with Crippen LogP contribution in [0, 0.1) is 11.3 Å². The molecule has 1 aromatic heterocycles. The summed E-state index contributed by atoms with van der Waals surface area (Å²) in [6.45, 7) is 1.65. The zero-order valence-electron chi connectivity index (χ0n) is 18.0. The molecule has 3 fully saturated rings. The van der Waals surface area contributed by atoms with Crippen molar-refractivity contribution >= 4 is 11.8 Å². The Kier molecular flexibility index (Phi) is 4.95. The van der Waals surface area contributed by atoms with Gasteiger partial charge in [-0.1, -0.05) is 24.6 Å². The summed E-state index contributed by atoms with van der Waals surface area (Å²) in [5.41, 5.74) is 1.43. The van der Waals surface area contributed by atoms with Gasteiger partial charge in [0.25, 0.3) is 0 Å². The van der Waals surface area contributed by atoms with Crippen LogP contribution in [0.5, 0.6) is 5.75 Å². The van der Waals surface area contributed by atoms with Crippen molar-refractivity contribution in [1.82, 2.24) is 15.2 Å². The van der Waals surface area contributed by atoms with Crippen LogP contribution in [0.15, 0.2) is 48.7 Å². The van der Waals surface area contributed by atoms with Crippen molar-refractivity contribution in [3.63, 3.8) is 0 Å². The third-order valence-corrected chi connectivity index (χ3v) is 7.57. The first-order chi connectivity index (χ1) is 15.1. The van der Waals surface area contributed by atoms with Crippen LogP contribution in [-0.2, 0) is 21.5 Å². The number of amides is 2. The molecule has 0 bridgehead atoms. The number of methoxy groups -OCH3 is 1. The first-order valence-corrected chi connectivity index (χ1v) is 11.2. The molecule has 31 heavy (non-hydrogen) atoms. The van der Waals surface area contributed by atoms with Crippen LogP contribution in [0.4, 0.5) is 0 Å². The molecule has 2 aliphatic carbocycles. The van der Waals surface area contributed by atoms with Gasteiger partial charge in [-0.15, -0.1) is 0 Å². The molecule has 1 aliphatic heterocycles. The highest BCUT2D eigenvalue weighted by atomic mass is 16.5. The van der Waals surface area contributed by atoms with Crippen LogP contribution in [-0.4, -0.2) is 41.9 Å². The van der Waals surface area contributed by atoms with Gasteiger partial charge in [-0.3, -0.25) is 14.6 Å². The van der Waals surface area contributed by atoms with Crippen molar-refractivity contribution in [2.75, 3.05) is 20.2 Å². The number of nitrogens with zero attached hydrogens (tertiary/aromatic N) is 2. The number of likely N-dealkylation sites (tertiary alicyclic amines) is 1. The molecule has 6 nitrogen and oxygen atoms in total. The number of ether oxygens (including phenoxy) is 1. The fourth-order valence-corrected chi connectivity index (χ4v) is 5.39. The molecule has 1 spiro atoms. The lowest BCUT2D eigenvalue weighted by Gasteiger charge is -2.42. The van der Waals surface area contributed by atoms with E-state index in [1.54, 1.807) is 13.3 Å². The van der Waals surface area contributed by atoms with Gasteiger partial charge in [0.1, 0.15) is 5.75 Å². The van der Waals surface area contributed by atoms with E-state index < -0.39 is 5.41 Å². The minimum atomic E-state index is -0.420. The number of carbonyl (C=O) groups is 2.